The van der Waals surface area contributed by atoms with Gasteiger partial charge in [0.2, 0.25) is 0 Å². The van der Waals surface area contributed by atoms with Gasteiger partial charge < -0.3 is 5.32 Å². The SMILES string of the molecule is C[C@H](NC(=O)c1cnc2sccn2c1=O)c1ccc(S(C)(=O)=O)cc1. The fourth-order valence-corrected chi connectivity index (χ4v) is 3.65. The van der Waals surface area contributed by atoms with E-state index in [1.807, 2.05) is 0 Å². The van der Waals surface area contributed by atoms with Gasteiger partial charge in [0.15, 0.2) is 14.8 Å². The van der Waals surface area contributed by atoms with Crippen molar-refractivity contribution in [3.05, 3.63) is 63.5 Å². The summed E-state index contributed by atoms with van der Waals surface area (Å²) in [6.07, 6.45) is 3.97. The van der Waals surface area contributed by atoms with Crippen LogP contribution in [-0.2, 0) is 9.84 Å². The van der Waals surface area contributed by atoms with Gasteiger partial charge in [-0.15, -0.1) is 11.3 Å². The van der Waals surface area contributed by atoms with Crippen LogP contribution in [0.2, 0.25) is 0 Å². The zero-order chi connectivity index (χ0) is 18.2. The molecule has 0 unspecified atom stereocenters. The van der Waals surface area contributed by atoms with Gasteiger partial charge in [-0.2, -0.15) is 0 Å². The number of carbonyl (C=O) groups excluding carboxylic acids is 1. The molecule has 9 heteroatoms. The first-order valence-electron chi connectivity index (χ1n) is 7.33. The largest absolute Gasteiger partial charge is 0.345 e. The van der Waals surface area contributed by atoms with E-state index in [-0.39, 0.29) is 10.5 Å². The van der Waals surface area contributed by atoms with Crippen LogP contribution in [0.5, 0.6) is 0 Å². The van der Waals surface area contributed by atoms with E-state index in [0.717, 1.165) is 11.8 Å². The van der Waals surface area contributed by atoms with Gasteiger partial charge in [0.1, 0.15) is 5.56 Å². The van der Waals surface area contributed by atoms with Gasteiger partial charge >= 0.3 is 0 Å². The van der Waals surface area contributed by atoms with E-state index in [9.17, 15) is 18.0 Å². The minimum absolute atomic E-state index is 0.0458. The zero-order valence-electron chi connectivity index (χ0n) is 13.5. The number of hydrogen-bond donors (Lipinski definition) is 1. The van der Waals surface area contributed by atoms with Crippen LogP contribution in [0.4, 0.5) is 0 Å². The first kappa shape index (κ1) is 17.3. The van der Waals surface area contributed by atoms with Crippen molar-refractivity contribution >= 4 is 32.0 Å². The maximum atomic E-state index is 12.4. The van der Waals surface area contributed by atoms with Gasteiger partial charge in [-0.1, -0.05) is 12.1 Å². The normalized spacial score (nSPS) is 12.9. The summed E-state index contributed by atoms with van der Waals surface area (Å²) >= 11 is 1.31. The Kier molecular flexibility index (Phi) is 4.44. The second-order valence-corrected chi connectivity index (χ2v) is 8.46. The molecule has 1 amide bonds. The van der Waals surface area contributed by atoms with Crippen LogP contribution in [0.3, 0.4) is 0 Å². The lowest BCUT2D eigenvalue weighted by Crippen LogP contribution is -2.32. The molecule has 2 aromatic heterocycles. The Morgan fingerprint density at radius 3 is 2.60 bits per heavy atom. The van der Waals surface area contributed by atoms with Gasteiger partial charge in [0, 0.05) is 24.0 Å². The highest BCUT2D eigenvalue weighted by Crippen LogP contribution is 2.16. The number of nitrogens with one attached hydrogen (secondary N) is 1. The number of aromatic nitrogens is 2. The molecule has 25 heavy (non-hydrogen) atoms. The first-order valence-corrected chi connectivity index (χ1v) is 10.1. The molecule has 0 aliphatic rings. The molecule has 0 aliphatic heterocycles. The molecule has 1 N–H and O–H groups in total. The number of rotatable bonds is 4. The Hall–Kier alpha value is -2.52. The lowest BCUT2D eigenvalue weighted by atomic mass is 10.1. The van der Waals surface area contributed by atoms with Crippen LogP contribution in [0, 0.1) is 0 Å². The summed E-state index contributed by atoms with van der Waals surface area (Å²) in [4.78, 5) is 29.5. The van der Waals surface area contributed by atoms with Crippen molar-refractivity contribution in [1.82, 2.24) is 14.7 Å². The highest BCUT2D eigenvalue weighted by molar-refractivity contribution is 7.90. The average molecular weight is 377 g/mol. The standard InChI is InChI=1S/C16H15N3O4S2/c1-10(11-3-5-12(6-4-11)25(2,22)23)18-14(20)13-9-17-16-19(15(13)21)7-8-24-16/h3-10H,1-2H3,(H,18,20)/t10-/m0/s1. The quantitative estimate of drug-likeness (QED) is 0.746. The van der Waals surface area contributed by atoms with Crippen LogP contribution < -0.4 is 10.9 Å². The van der Waals surface area contributed by atoms with Crippen molar-refractivity contribution in [3.63, 3.8) is 0 Å². The van der Waals surface area contributed by atoms with Crippen LogP contribution in [0.1, 0.15) is 28.9 Å². The van der Waals surface area contributed by atoms with E-state index in [2.05, 4.69) is 10.3 Å². The van der Waals surface area contributed by atoms with Crippen LogP contribution in [-0.4, -0.2) is 30.0 Å². The Morgan fingerprint density at radius 1 is 1.28 bits per heavy atom. The molecule has 2 heterocycles. The molecular weight excluding hydrogens is 362 g/mol. The number of carbonyl (C=O) groups is 1. The molecule has 0 bridgehead atoms. The molecule has 3 aromatic rings. The summed E-state index contributed by atoms with van der Waals surface area (Å²) in [7, 11) is -3.27. The fourth-order valence-electron chi connectivity index (χ4n) is 2.34. The van der Waals surface area contributed by atoms with Crippen molar-refractivity contribution in [2.45, 2.75) is 17.9 Å². The second-order valence-electron chi connectivity index (χ2n) is 5.57. The highest BCUT2D eigenvalue weighted by Gasteiger charge is 2.17. The molecular formula is C16H15N3O4S2. The van der Waals surface area contributed by atoms with Crippen molar-refractivity contribution in [1.29, 1.82) is 0 Å². The summed E-state index contributed by atoms with van der Waals surface area (Å²) < 4.78 is 24.3. The number of thiazole rings is 1. The van der Waals surface area contributed by atoms with Gasteiger partial charge in [-0.25, -0.2) is 13.4 Å². The zero-order valence-corrected chi connectivity index (χ0v) is 15.1. The van der Waals surface area contributed by atoms with E-state index < -0.39 is 27.3 Å². The average Bonchev–Trinajstić information content (AvgIpc) is 3.04. The number of amides is 1. The lowest BCUT2D eigenvalue weighted by molar-refractivity contribution is 0.0938. The minimum atomic E-state index is -3.27. The Bertz CT molecular complexity index is 1100. The second kappa shape index (κ2) is 6.41. The molecule has 7 nitrogen and oxygen atoms in total. The minimum Gasteiger partial charge on any atom is -0.345 e. The molecule has 0 fully saturated rings. The third-order valence-corrected chi connectivity index (χ3v) is 5.64. The van der Waals surface area contributed by atoms with Crippen molar-refractivity contribution in [2.75, 3.05) is 6.26 Å². The van der Waals surface area contributed by atoms with Crippen molar-refractivity contribution < 1.29 is 13.2 Å². The summed E-state index contributed by atoms with van der Waals surface area (Å²) in [6, 6.07) is 5.84. The predicted octanol–water partition coefficient (Wildman–Crippen LogP) is 1.65. The first-order chi connectivity index (χ1) is 11.8. The molecule has 0 saturated carbocycles. The number of nitrogens with zero attached hydrogens (tertiary/aromatic N) is 2. The summed E-state index contributed by atoms with van der Waals surface area (Å²) in [5.41, 5.74) is 0.254. The smallest absolute Gasteiger partial charge is 0.271 e. The van der Waals surface area contributed by atoms with Gasteiger partial charge in [-0.05, 0) is 24.6 Å². The maximum Gasteiger partial charge on any atom is 0.271 e. The van der Waals surface area contributed by atoms with Crippen LogP contribution >= 0.6 is 11.3 Å². The Morgan fingerprint density at radius 2 is 1.96 bits per heavy atom. The van der Waals surface area contributed by atoms with E-state index in [4.69, 9.17) is 0 Å². The molecule has 0 radical (unpaired) electrons. The topological polar surface area (TPSA) is 97.6 Å². The molecule has 0 saturated heterocycles. The molecule has 0 aliphatic carbocycles. The number of sulfone groups is 1. The third kappa shape index (κ3) is 3.47. The summed E-state index contributed by atoms with van der Waals surface area (Å²) in [5.74, 6) is -0.530. The maximum absolute atomic E-state index is 12.4. The summed E-state index contributed by atoms with van der Waals surface area (Å²) in [5, 5.41) is 4.45. The van der Waals surface area contributed by atoms with E-state index >= 15 is 0 Å². The van der Waals surface area contributed by atoms with E-state index in [0.29, 0.717) is 4.96 Å². The van der Waals surface area contributed by atoms with Crippen LogP contribution in [0.15, 0.2) is 51.7 Å². The van der Waals surface area contributed by atoms with Gasteiger partial charge in [-0.3, -0.25) is 14.0 Å². The van der Waals surface area contributed by atoms with Crippen LogP contribution in [0.25, 0.3) is 4.96 Å². The lowest BCUT2D eigenvalue weighted by Gasteiger charge is -2.14. The van der Waals surface area contributed by atoms with Gasteiger partial charge in [0.25, 0.3) is 11.5 Å². The fraction of sp³-hybridized carbons (Fsp3) is 0.188. The van der Waals surface area contributed by atoms with E-state index in [1.54, 1.807) is 30.6 Å². The van der Waals surface area contributed by atoms with E-state index in [1.165, 1.54) is 34.1 Å². The predicted molar refractivity (Wildman–Crippen MR) is 94.8 cm³/mol. The third-order valence-electron chi connectivity index (χ3n) is 3.74. The number of fused-ring (bicyclic) bond motifs is 1. The Labute approximate surface area is 147 Å². The Balaban J connectivity index is 1.82. The summed E-state index contributed by atoms with van der Waals surface area (Å²) in [6.45, 7) is 1.75. The monoisotopic (exact) mass is 377 g/mol. The highest BCUT2D eigenvalue weighted by atomic mass is 32.2. The molecule has 3 rings (SSSR count). The van der Waals surface area contributed by atoms with Crippen molar-refractivity contribution in [2.24, 2.45) is 0 Å². The molecule has 1 atom stereocenters. The number of benzene rings is 1. The molecule has 130 valence electrons. The molecule has 0 spiro atoms. The van der Waals surface area contributed by atoms with Crippen molar-refractivity contribution in [3.8, 4) is 0 Å². The van der Waals surface area contributed by atoms with Gasteiger partial charge in [0.05, 0.1) is 10.9 Å². The number of hydrogen-bond acceptors (Lipinski definition) is 6. The molecule has 1 aromatic carbocycles.